The fourth-order valence-corrected chi connectivity index (χ4v) is 4.60. The van der Waals surface area contributed by atoms with Crippen LogP contribution in [0, 0.1) is 12.8 Å². The number of nitrogens with zero attached hydrogens (tertiary/aromatic N) is 4. The Morgan fingerprint density at radius 3 is 2.56 bits per heavy atom. The number of pyridine rings is 1. The van der Waals surface area contributed by atoms with Crippen molar-refractivity contribution >= 4 is 17.5 Å². The summed E-state index contributed by atoms with van der Waals surface area (Å²) in [5, 5.41) is 10.2. The number of aryl methyl sites for hydroxylation is 1. The number of alkyl halides is 3. The van der Waals surface area contributed by atoms with Gasteiger partial charge in [-0.15, -0.1) is 13.2 Å². The van der Waals surface area contributed by atoms with Crippen molar-refractivity contribution in [3.8, 4) is 17.5 Å². The first-order valence-corrected chi connectivity index (χ1v) is 12.5. The zero-order valence-corrected chi connectivity index (χ0v) is 21.4. The lowest BCUT2D eigenvalue weighted by Crippen LogP contribution is -2.32. The molecule has 9 nitrogen and oxygen atoms in total. The number of Topliss-reactive ketones (excluding diaryl/α,β-unsaturated/α-hetero) is 1. The van der Waals surface area contributed by atoms with Gasteiger partial charge in [-0.2, -0.15) is 4.98 Å². The van der Waals surface area contributed by atoms with E-state index in [2.05, 4.69) is 14.7 Å². The van der Waals surface area contributed by atoms with Crippen molar-refractivity contribution in [1.29, 1.82) is 0 Å². The van der Waals surface area contributed by atoms with Crippen molar-refractivity contribution in [2.24, 2.45) is 5.92 Å². The molecular formula is C27H27F3N4O5. The molecule has 5 rings (SSSR count). The number of aliphatic hydroxyl groups is 1. The Morgan fingerprint density at radius 1 is 1.15 bits per heavy atom. The number of halogens is 3. The van der Waals surface area contributed by atoms with E-state index >= 15 is 0 Å². The molecule has 1 unspecified atom stereocenters. The highest BCUT2D eigenvalue weighted by atomic mass is 19.4. The molecule has 1 aliphatic heterocycles. The topological polar surface area (TPSA) is 107 Å². The summed E-state index contributed by atoms with van der Waals surface area (Å²) in [6, 6.07) is 8.47. The Labute approximate surface area is 222 Å². The molecule has 3 heterocycles. The van der Waals surface area contributed by atoms with E-state index in [0.717, 1.165) is 17.7 Å². The van der Waals surface area contributed by atoms with Gasteiger partial charge in [0, 0.05) is 31.6 Å². The van der Waals surface area contributed by atoms with Gasteiger partial charge in [-0.05, 0) is 56.4 Å². The molecule has 2 aromatic heterocycles. The fraction of sp³-hybridized carbons (Fsp3) is 0.407. The van der Waals surface area contributed by atoms with Gasteiger partial charge in [0.15, 0.2) is 11.6 Å². The molecule has 206 valence electrons. The normalized spacial score (nSPS) is 18.5. The van der Waals surface area contributed by atoms with Crippen molar-refractivity contribution < 1.29 is 37.3 Å². The molecule has 39 heavy (non-hydrogen) atoms. The molecule has 1 atom stereocenters. The van der Waals surface area contributed by atoms with Gasteiger partial charge in [0.1, 0.15) is 17.2 Å². The van der Waals surface area contributed by atoms with Gasteiger partial charge in [0.2, 0.25) is 5.91 Å². The van der Waals surface area contributed by atoms with Crippen LogP contribution in [0.25, 0.3) is 0 Å². The number of carbonyl (C=O) groups is 2. The molecule has 0 spiro atoms. The summed E-state index contributed by atoms with van der Waals surface area (Å²) in [6.45, 7) is 1.95. The van der Waals surface area contributed by atoms with E-state index in [1.165, 1.54) is 28.6 Å². The second-order valence-corrected chi connectivity index (χ2v) is 10.1. The van der Waals surface area contributed by atoms with Crippen LogP contribution in [0.3, 0.4) is 0 Å². The highest BCUT2D eigenvalue weighted by molar-refractivity contribution is 6.09. The lowest BCUT2D eigenvalue weighted by molar-refractivity contribution is -0.274. The standard InChI is InChI=1S/C27H27F3N4O5/c1-16-6-7-18(31-14-16)15-34-22-21(35)12-17(8-9-26(37)10-11-26)24(36)33(2)23(22)32-25(34)38-19-4-3-5-20(13-19)39-27(28,29)30/h3-7,13-14,17,37H,8-12,15H2,1-2H3. The maximum atomic E-state index is 13.6. The predicted molar refractivity (Wildman–Crippen MR) is 133 cm³/mol. The van der Waals surface area contributed by atoms with E-state index in [4.69, 9.17) is 4.74 Å². The molecule has 0 bridgehead atoms. The molecule has 3 aromatic rings. The van der Waals surface area contributed by atoms with Crippen LogP contribution in [-0.4, -0.2) is 50.3 Å². The monoisotopic (exact) mass is 544 g/mol. The summed E-state index contributed by atoms with van der Waals surface area (Å²) in [6.07, 6.45) is -1.13. The number of fused-ring (bicyclic) bond motifs is 1. The molecule has 1 aromatic carbocycles. The first kappa shape index (κ1) is 26.7. The molecule has 1 N–H and O–H groups in total. The molecule has 1 amide bonds. The smallest absolute Gasteiger partial charge is 0.425 e. The van der Waals surface area contributed by atoms with Gasteiger partial charge in [0.25, 0.3) is 0 Å². The first-order chi connectivity index (χ1) is 18.4. The first-order valence-electron chi connectivity index (χ1n) is 12.5. The third-order valence-electron chi connectivity index (χ3n) is 6.93. The van der Waals surface area contributed by atoms with E-state index in [0.29, 0.717) is 31.4 Å². The van der Waals surface area contributed by atoms with Gasteiger partial charge >= 0.3 is 12.4 Å². The maximum absolute atomic E-state index is 13.6. The highest BCUT2D eigenvalue weighted by Gasteiger charge is 2.43. The molecule has 1 aliphatic carbocycles. The van der Waals surface area contributed by atoms with E-state index in [9.17, 15) is 27.9 Å². The van der Waals surface area contributed by atoms with Gasteiger partial charge in [-0.3, -0.25) is 24.0 Å². The number of aromatic nitrogens is 3. The molecule has 2 aliphatic rings. The van der Waals surface area contributed by atoms with Crippen molar-refractivity contribution in [3.05, 3.63) is 59.5 Å². The number of hydrogen-bond donors (Lipinski definition) is 1. The minimum atomic E-state index is -4.88. The number of rotatable bonds is 8. The van der Waals surface area contributed by atoms with Crippen LogP contribution in [0.4, 0.5) is 19.0 Å². The van der Waals surface area contributed by atoms with Crippen molar-refractivity contribution in [1.82, 2.24) is 14.5 Å². The van der Waals surface area contributed by atoms with Crippen LogP contribution in [0.5, 0.6) is 17.5 Å². The number of ether oxygens (including phenoxy) is 2. The summed E-state index contributed by atoms with van der Waals surface area (Å²) in [4.78, 5) is 37.0. The molecule has 0 saturated heterocycles. The number of ketones is 1. The summed E-state index contributed by atoms with van der Waals surface area (Å²) in [5.41, 5.74) is 0.899. The van der Waals surface area contributed by atoms with Crippen LogP contribution in [0.15, 0.2) is 42.6 Å². The van der Waals surface area contributed by atoms with Gasteiger partial charge in [0.05, 0.1) is 17.8 Å². The van der Waals surface area contributed by atoms with E-state index < -0.39 is 23.6 Å². The Kier molecular flexibility index (Phi) is 6.83. The van der Waals surface area contributed by atoms with Crippen LogP contribution in [0.2, 0.25) is 0 Å². The lowest BCUT2D eigenvalue weighted by atomic mass is 9.94. The zero-order chi connectivity index (χ0) is 27.9. The highest BCUT2D eigenvalue weighted by Crippen LogP contribution is 2.42. The maximum Gasteiger partial charge on any atom is 0.573 e. The predicted octanol–water partition coefficient (Wildman–Crippen LogP) is 4.80. The van der Waals surface area contributed by atoms with Crippen molar-refractivity contribution in [2.45, 2.75) is 57.5 Å². The Hall–Kier alpha value is -3.93. The molecular weight excluding hydrogens is 517 g/mol. The minimum Gasteiger partial charge on any atom is -0.425 e. The van der Waals surface area contributed by atoms with Crippen LogP contribution in [0.1, 0.15) is 53.8 Å². The zero-order valence-electron chi connectivity index (χ0n) is 21.4. The third kappa shape index (κ3) is 6.06. The van der Waals surface area contributed by atoms with Gasteiger partial charge in [-0.1, -0.05) is 12.1 Å². The summed E-state index contributed by atoms with van der Waals surface area (Å²) >= 11 is 0. The second-order valence-electron chi connectivity index (χ2n) is 10.1. The number of benzene rings is 1. The Bertz CT molecular complexity index is 1400. The van der Waals surface area contributed by atoms with Gasteiger partial charge < -0.3 is 14.6 Å². The van der Waals surface area contributed by atoms with E-state index in [1.54, 1.807) is 12.3 Å². The largest absolute Gasteiger partial charge is 0.573 e. The minimum absolute atomic E-state index is 0.00740. The van der Waals surface area contributed by atoms with E-state index in [1.807, 2.05) is 13.0 Å². The van der Waals surface area contributed by atoms with Crippen molar-refractivity contribution in [3.63, 3.8) is 0 Å². The molecule has 1 fully saturated rings. The number of imidazole rings is 1. The van der Waals surface area contributed by atoms with E-state index in [-0.39, 0.29) is 47.9 Å². The molecule has 0 radical (unpaired) electrons. The average molecular weight is 545 g/mol. The SMILES string of the molecule is Cc1ccc(Cn2c(Oc3cccc(OC(F)(F)F)c3)nc3c2C(=O)CC(CCC2(O)CC2)C(=O)N3C)nc1. The molecule has 12 heteroatoms. The Morgan fingerprint density at radius 2 is 1.90 bits per heavy atom. The van der Waals surface area contributed by atoms with Crippen molar-refractivity contribution in [2.75, 3.05) is 11.9 Å². The van der Waals surface area contributed by atoms with Gasteiger partial charge in [-0.25, -0.2) is 0 Å². The summed E-state index contributed by atoms with van der Waals surface area (Å²) < 4.78 is 49.5. The fourth-order valence-electron chi connectivity index (χ4n) is 4.60. The van der Waals surface area contributed by atoms with Crippen LogP contribution >= 0.6 is 0 Å². The average Bonchev–Trinajstić information content (AvgIpc) is 3.52. The quantitative estimate of drug-likeness (QED) is 0.434. The molecule has 1 saturated carbocycles. The van der Waals surface area contributed by atoms with Crippen LogP contribution < -0.4 is 14.4 Å². The second kappa shape index (κ2) is 9.99. The van der Waals surface area contributed by atoms with Crippen LogP contribution in [-0.2, 0) is 11.3 Å². The summed E-state index contributed by atoms with van der Waals surface area (Å²) in [5.74, 6) is -1.67. The number of anilines is 1. The third-order valence-corrected chi connectivity index (χ3v) is 6.93. The Balaban J connectivity index is 1.50. The number of amides is 1. The number of hydrogen-bond acceptors (Lipinski definition) is 7. The number of carbonyl (C=O) groups excluding carboxylic acids is 2. The lowest BCUT2D eigenvalue weighted by Gasteiger charge is -2.20. The summed E-state index contributed by atoms with van der Waals surface area (Å²) in [7, 11) is 1.52.